The van der Waals surface area contributed by atoms with Crippen LogP contribution in [0.15, 0.2) is 46.9 Å². The van der Waals surface area contributed by atoms with Crippen LogP contribution in [0.5, 0.6) is 0 Å². The normalized spacial score (nSPS) is 16.5. The van der Waals surface area contributed by atoms with Crippen LogP contribution in [-0.4, -0.2) is 41.1 Å². The molecule has 2 aromatic rings. The summed E-state index contributed by atoms with van der Waals surface area (Å²) in [6.45, 7) is -0.404. The van der Waals surface area contributed by atoms with Crippen molar-refractivity contribution >= 4 is 39.5 Å². The average Bonchev–Trinajstić information content (AvgIpc) is 3.02. The van der Waals surface area contributed by atoms with Crippen LogP contribution in [0.4, 0.5) is 0 Å². The van der Waals surface area contributed by atoms with Gasteiger partial charge in [0.1, 0.15) is 0 Å². The smallest absolute Gasteiger partial charge is 0.338 e. The van der Waals surface area contributed by atoms with Crippen molar-refractivity contribution in [2.45, 2.75) is 38.1 Å². The van der Waals surface area contributed by atoms with E-state index in [2.05, 4.69) is 15.9 Å². The highest BCUT2D eigenvalue weighted by Crippen LogP contribution is 2.31. The Morgan fingerprint density at radius 1 is 0.900 bits per heavy atom. The molecule has 0 N–H and O–H groups in total. The van der Waals surface area contributed by atoms with Gasteiger partial charge >= 0.3 is 5.97 Å². The highest BCUT2D eigenvalue weighted by Gasteiger charge is 2.40. The fourth-order valence-corrected chi connectivity index (χ4v) is 4.26. The van der Waals surface area contributed by atoms with Crippen molar-refractivity contribution in [2.75, 3.05) is 6.61 Å². The van der Waals surface area contributed by atoms with Crippen molar-refractivity contribution in [2.24, 2.45) is 0 Å². The van der Waals surface area contributed by atoms with Crippen LogP contribution < -0.4 is 0 Å². The van der Waals surface area contributed by atoms with Gasteiger partial charge in [-0.2, -0.15) is 0 Å². The summed E-state index contributed by atoms with van der Waals surface area (Å²) in [5, 5.41) is 0. The molecular weight excluding hydrogens is 450 g/mol. The Morgan fingerprint density at radius 2 is 1.53 bits per heavy atom. The number of Topliss-reactive ketones (excluding diaryl/α,β-unsaturated/α-hetero) is 1. The van der Waals surface area contributed by atoms with Crippen LogP contribution >= 0.6 is 15.9 Å². The number of hydrogen-bond acceptors (Lipinski definition) is 5. The molecule has 0 atom stereocenters. The number of carbonyl (C=O) groups excluding carboxylic acids is 4. The molecule has 1 fully saturated rings. The third-order valence-electron chi connectivity index (χ3n) is 5.59. The minimum Gasteiger partial charge on any atom is -0.454 e. The molecule has 30 heavy (non-hydrogen) atoms. The second-order valence-corrected chi connectivity index (χ2v) is 8.45. The number of carbonyl (C=O) groups is 4. The molecule has 2 aromatic carbocycles. The fraction of sp³-hybridized carbons (Fsp3) is 0.304. The number of hydrogen-bond donors (Lipinski definition) is 0. The zero-order chi connectivity index (χ0) is 21.3. The largest absolute Gasteiger partial charge is 0.454 e. The van der Waals surface area contributed by atoms with E-state index in [1.54, 1.807) is 24.3 Å². The van der Waals surface area contributed by atoms with E-state index in [0.717, 1.165) is 36.6 Å². The van der Waals surface area contributed by atoms with Crippen LogP contribution in [0, 0.1) is 0 Å². The zero-order valence-electron chi connectivity index (χ0n) is 16.2. The summed E-state index contributed by atoms with van der Waals surface area (Å²) < 4.78 is 5.97. The predicted octanol–water partition coefficient (Wildman–Crippen LogP) is 4.42. The van der Waals surface area contributed by atoms with Gasteiger partial charge < -0.3 is 4.74 Å². The van der Waals surface area contributed by atoms with E-state index in [-0.39, 0.29) is 34.8 Å². The van der Waals surface area contributed by atoms with Gasteiger partial charge in [-0.1, -0.05) is 47.3 Å². The Morgan fingerprint density at radius 3 is 2.23 bits per heavy atom. The van der Waals surface area contributed by atoms with Gasteiger partial charge in [-0.15, -0.1) is 0 Å². The van der Waals surface area contributed by atoms with Crippen LogP contribution in [0.3, 0.4) is 0 Å². The summed E-state index contributed by atoms with van der Waals surface area (Å²) in [4.78, 5) is 51.5. The van der Waals surface area contributed by atoms with Crippen LogP contribution in [0.2, 0.25) is 0 Å². The summed E-state index contributed by atoms with van der Waals surface area (Å²) in [7, 11) is 0. The summed E-state index contributed by atoms with van der Waals surface area (Å²) in [5.41, 5.74) is 1.11. The lowest BCUT2D eigenvalue weighted by Crippen LogP contribution is -2.40. The van der Waals surface area contributed by atoms with Gasteiger partial charge in [-0.25, -0.2) is 4.79 Å². The van der Waals surface area contributed by atoms with Crippen molar-refractivity contribution in [1.29, 1.82) is 0 Å². The predicted molar refractivity (Wildman–Crippen MR) is 113 cm³/mol. The van der Waals surface area contributed by atoms with Crippen LogP contribution in [-0.2, 0) is 4.74 Å². The lowest BCUT2D eigenvalue weighted by molar-refractivity contribution is 0.0474. The molecule has 2 aliphatic rings. The Bertz CT molecular complexity index is 1020. The second-order valence-electron chi connectivity index (χ2n) is 7.54. The number of nitrogens with zero attached hydrogens (tertiary/aromatic N) is 1. The first-order chi connectivity index (χ1) is 14.5. The third kappa shape index (κ3) is 3.94. The van der Waals surface area contributed by atoms with Crippen molar-refractivity contribution in [1.82, 2.24) is 4.90 Å². The number of amides is 2. The van der Waals surface area contributed by atoms with Crippen LogP contribution in [0.1, 0.15) is 73.5 Å². The number of ether oxygens (including phenoxy) is 1. The molecule has 0 spiro atoms. The van der Waals surface area contributed by atoms with Crippen molar-refractivity contribution in [3.05, 3.63) is 69.2 Å². The summed E-state index contributed by atoms with van der Waals surface area (Å²) in [5.74, 6) is -1.69. The van der Waals surface area contributed by atoms with Crippen molar-refractivity contribution in [3.8, 4) is 0 Å². The molecule has 0 unspecified atom stereocenters. The van der Waals surface area contributed by atoms with Crippen molar-refractivity contribution in [3.63, 3.8) is 0 Å². The molecule has 1 aliphatic heterocycles. The van der Waals surface area contributed by atoms with E-state index in [1.165, 1.54) is 23.1 Å². The number of halogens is 1. The maximum Gasteiger partial charge on any atom is 0.338 e. The lowest BCUT2D eigenvalue weighted by atomic mass is 9.94. The quantitative estimate of drug-likeness (QED) is 0.367. The van der Waals surface area contributed by atoms with Gasteiger partial charge in [0, 0.05) is 16.1 Å². The van der Waals surface area contributed by atoms with E-state index in [0.29, 0.717) is 11.1 Å². The molecule has 0 radical (unpaired) electrons. The average molecular weight is 470 g/mol. The molecule has 0 saturated heterocycles. The maximum atomic E-state index is 12.9. The summed E-state index contributed by atoms with van der Waals surface area (Å²) in [6.07, 6.45) is 4.76. The first-order valence-electron chi connectivity index (χ1n) is 9.93. The second kappa shape index (κ2) is 8.52. The molecule has 1 aliphatic carbocycles. The van der Waals surface area contributed by atoms with Crippen molar-refractivity contribution < 1.29 is 23.9 Å². The van der Waals surface area contributed by atoms with Gasteiger partial charge in [0.05, 0.1) is 16.7 Å². The molecule has 4 rings (SSSR count). The SMILES string of the molecule is O=C(COC(=O)c1ccc2c(c1)C(=O)N(C1CCCCC1)C2=O)c1ccc(Br)cc1. The molecule has 1 heterocycles. The number of imide groups is 1. The van der Waals surface area contributed by atoms with E-state index in [1.807, 2.05) is 0 Å². The van der Waals surface area contributed by atoms with E-state index in [9.17, 15) is 19.2 Å². The van der Waals surface area contributed by atoms with Gasteiger partial charge in [-0.05, 0) is 43.2 Å². The van der Waals surface area contributed by atoms with Gasteiger partial charge in [0.2, 0.25) is 0 Å². The number of ketones is 1. The van der Waals surface area contributed by atoms with E-state index < -0.39 is 12.6 Å². The van der Waals surface area contributed by atoms with Crippen LogP contribution in [0.25, 0.3) is 0 Å². The highest BCUT2D eigenvalue weighted by molar-refractivity contribution is 9.10. The molecule has 154 valence electrons. The Labute approximate surface area is 182 Å². The zero-order valence-corrected chi connectivity index (χ0v) is 17.8. The number of esters is 1. The number of rotatable bonds is 5. The molecule has 7 heteroatoms. The molecule has 6 nitrogen and oxygen atoms in total. The number of fused-ring (bicyclic) bond motifs is 1. The highest BCUT2D eigenvalue weighted by atomic mass is 79.9. The molecule has 2 amide bonds. The fourth-order valence-electron chi connectivity index (χ4n) is 3.99. The van der Waals surface area contributed by atoms with E-state index in [4.69, 9.17) is 4.74 Å². The molecule has 0 aromatic heterocycles. The molecular formula is C23H20BrNO5. The van der Waals surface area contributed by atoms with Gasteiger partial charge in [-0.3, -0.25) is 19.3 Å². The first-order valence-corrected chi connectivity index (χ1v) is 10.7. The number of benzene rings is 2. The topological polar surface area (TPSA) is 80.8 Å². The minimum atomic E-state index is -0.709. The standard InChI is InChI=1S/C23H20BrNO5/c24-16-9-6-14(7-10-16)20(26)13-30-23(29)15-8-11-18-19(12-15)22(28)25(21(18)27)17-4-2-1-3-5-17/h6-12,17H,1-5,13H2. The molecule has 1 saturated carbocycles. The Kier molecular flexibility index (Phi) is 5.81. The monoisotopic (exact) mass is 469 g/mol. The lowest BCUT2D eigenvalue weighted by Gasteiger charge is -2.29. The van der Waals surface area contributed by atoms with Gasteiger partial charge in [0.15, 0.2) is 12.4 Å². The third-order valence-corrected chi connectivity index (χ3v) is 6.12. The summed E-state index contributed by atoms with van der Waals surface area (Å²) in [6, 6.07) is 11.0. The van der Waals surface area contributed by atoms with E-state index >= 15 is 0 Å². The Balaban J connectivity index is 1.45. The minimum absolute atomic E-state index is 0.0786. The first kappa shape index (κ1) is 20.5. The van der Waals surface area contributed by atoms with Gasteiger partial charge in [0.25, 0.3) is 11.8 Å². The summed E-state index contributed by atoms with van der Waals surface area (Å²) >= 11 is 3.30. The molecule has 0 bridgehead atoms. The maximum absolute atomic E-state index is 12.9. The Hall–Kier alpha value is -2.80.